The van der Waals surface area contributed by atoms with Gasteiger partial charge in [0.2, 0.25) is 5.91 Å². The van der Waals surface area contributed by atoms with Crippen LogP contribution in [0.4, 0.5) is 5.13 Å². The van der Waals surface area contributed by atoms with E-state index in [-0.39, 0.29) is 11.7 Å². The highest BCUT2D eigenvalue weighted by Gasteiger charge is 2.24. The summed E-state index contributed by atoms with van der Waals surface area (Å²) in [5, 5.41) is 17.0. The zero-order chi connectivity index (χ0) is 19.5. The lowest BCUT2D eigenvalue weighted by atomic mass is 9.88. The van der Waals surface area contributed by atoms with Crippen LogP contribution in [0.15, 0.2) is 34.8 Å². The normalized spacial score (nSPS) is 16.0. The molecule has 0 radical (unpaired) electrons. The number of carbonyl (C=O) groups is 1. The van der Waals surface area contributed by atoms with E-state index >= 15 is 0 Å². The zero-order valence-electron chi connectivity index (χ0n) is 15.6. The quantitative estimate of drug-likeness (QED) is 0.440. The SMILES string of the molecule is C=CCn1c(SCC(=O)Nc2nccs2)nnc1-c1csc2c1CC[C@H](C)C2. The molecule has 0 fully saturated rings. The van der Waals surface area contributed by atoms with Crippen LogP contribution in [0, 0.1) is 5.92 Å². The fourth-order valence-electron chi connectivity index (χ4n) is 3.32. The minimum atomic E-state index is -0.100. The zero-order valence-corrected chi connectivity index (χ0v) is 18.0. The van der Waals surface area contributed by atoms with E-state index < -0.39 is 0 Å². The van der Waals surface area contributed by atoms with Crippen LogP contribution in [0.3, 0.4) is 0 Å². The largest absolute Gasteiger partial charge is 0.301 e. The van der Waals surface area contributed by atoms with Crippen LogP contribution in [-0.2, 0) is 24.2 Å². The molecule has 3 aromatic rings. The number of carbonyl (C=O) groups excluding carboxylic acids is 1. The van der Waals surface area contributed by atoms with Gasteiger partial charge in [-0.3, -0.25) is 9.36 Å². The van der Waals surface area contributed by atoms with E-state index in [0.717, 1.165) is 29.7 Å². The molecular weight excluding hydrogens is 410 g/mol. The van der Waals surface area contributed by atoms with Crippen LogP contribution in [0.2, 0.25) is 0 Å². The molecule has 0 aromatic carbocycles. The van der Waals surface area contributed by atoms with Crippen LogP contribution in [0.5, 0.6) is 0 Å². The van der Waals surface area contributed by atoms with Crippen molar-refractivity contribution in [2.24, 2.45) is 5.92 Å². The van der Waals surface area contributed by atoms with Crippen molar-refractivity contribution in [3.63, 3.8) is 0 Å². The van der Waals surface area contributed by atoms with Crippen LogP contribution in [-0.4, -0.2) is 31.4 Å². The minimum absolute atomic E-state index is 0.100. The second-order valence-electron chi connectivity index (χ2n) is 6.78. The first-order valence-electron chi connectivity index (χ1n) is 9.11. The van der Waals surface area contributed by atoms with Gasteiger partial charge in [-0.1, -0.05) is 24.8 Å². The summed E-state index contributed by atoms with van der Waals surface area (Å²) in [6, 6.07) is 0. The number of amides is 1. The molecule has 4 rings (SSSR count). The highest BCUT2D eigenvalue weighted by molar-refractivity contribution is 7.99. The molecule has 6 nitrogen and oxygen atoms in total. The number of thiazole rings is 1. The van der Waals surface area contributed by atoms with Crippen molar-refractivity contribution in [1.29, 1.82) is 0 Å². The number of allylic oxidation sites excluding steroid dienone is 1. The molecule has 1 N–H and O–H groups in total. The van der Waals surface area contributed by atoms with Crippen molar-refractivity contribution in [3.8, 4) is 11.4 Å². The van der Waals surface area contributed by atoms with Crippen molar-refractivity contribution >= 4 is 45.5 Å². The second kappa shape index (κ2) is 8.59. The van der Waals surface area contributed by atoms with E-state index in [1.54, 1.807) is 6.20 Å². The van der Waals surface area contributed by atoms with E-state index in [9.17, 15) is 4.79 Å². The van der Waals surface area contributed by atoms with Gasteiger partial charge in [-0.15, -0.1) is 39.4 Å². The van der Waals surface area contributed by atoms with Gasteiger partial charge in [-0.25, -0.2) is 4.98 Å². The number of hydrogen-bond acceptors (Lipinski definition) is 7. The summed E-state index contributed by atoms with van der Waals surface area (Å²) in [4.78, 5) is 17.7. The van der Waals surface area contributed by atoms with Gasteiger partial charge in [-0.2, -0.15) is 0 Å². The molecule has 1 aliphatic carbocycles. The Hall–Kier alpha value is -1.97. The molecule has 28 heavy (non-hydrogen) atoms. The molecule has 3 heterocycles. The summed E-state index contributed by atoms with van der Waals surface area (Å²) in [6.07, 6.45) is 6.96. The topological polar surface area (TPSA) is 72.7 Å². The van der Waals surface area contributed by atoms with Gasteiger partial charge in [-0.05, 0) is 30.7 Å². The first kappa shape index (κ1) is 19.4. The molecule has 1 atom stereocenters. The van der Waals surface area contributed by atoms with Crippen molar-refractivity contribution in [2.45, 2.75) is 37.9 Å². The number of thiophene rings is 1. The second-order valence-corrected chi connectivity index (χ2v) is 9.58. The summed E-state index contributed by atoms with van der Waals surface area (Å²) in [6.45, 7) is 6.80. The minimum Gasteiger partial charge on any atom is -0.301 e. The monoisotopic (exact) mass is 431 g/mol. The number of anilines is 1. The van der Waals surface area contributed by atoms with Gasteiger partial charge >= 0.3 is 0 Å². The molecule has 0 bridgehead atoms. The van der Waals surface area contributed by atoms with Gasteiger partial charge in [0, 0.05) is 33.9 Å². The molecule has 0 saturated heterocycles. The lowest BCUT2D eigenvalue weighted by molar-refractivity contribution is -0.113. The maximum absolute atomic E-state index is 12.2. The molecule has 0 unspecified atom stereocenters. The van der Waals surface area contributed by atoms with Crippen molar-refractivity contribution in [3.05, 3.63) is 40.1 Å². The van der Waals surface area contributed by atoms with Gasteiger partial charge in [0.15, 0.2) is 16.1 Å². The van der Waals surface area contributed by atoms with Crippen molar-refractivity contribution in [1.82, 2.24) is 19.7 Å². The van der Waals surface area contributed by atoms with E-state index in [4.69, 9.17) is 0 Å². The fraction of sp³-hybridized carbons (Fsp3) is 0.368. The molecule has 0 aliphatic heterocycles. The Morgan fingerprint density at radius 3 is 3.14 bits per heavy atom. The predicted molar refractivity (Wildman–Crippen MR) is 116 cm³/mol. The number of nitrogens with zero attached hydrogens (tertiary/aromatic N) is 4. The average molecular weight is 432 g/mol. The molecule has 3 aromatic heterocycles. The maximum atomic E-state index is 12.2. The first-order chi connectivity index (χ1) is 13.7. The maximum Gasteiger partial charge on any atom is 0.236 e. The molecule has 0 spiro atoms. The third-order valence-electron chi connectivity index (χ3n) is 4.68. The number of hydrogen-bond donors (Lipinski definition) is 1. The summed E-state index contributed by atoms with van der Waals surface area (Å²) in [5.41, 5.74) is 2.60. The summed E-state index contributed by atoms with van der Waals surface area (Å²) < 4.78 is 2.05. The van der Waals surface area contributed by atoms with Crippen LogP contribution >= 0.6 is 34.4 Å². The number of fused-ring (bicyclic) bond motifs is 1. The van der Waals surface area contributed by atoms with Gasteiger partial charge in [0.05, 0.1) is 5.75 Å². The first-order valence-corrected chi connectivity index (χ1v) is 11.9. The van der Waals surface area contributed by atoms with Gasteiger partial charge < -0.3 is 5.32 Å². The molecule has 9 heteroatoms. The van der Waals surface area contributed by atoms with E-state index in [1.165, 1.54) is 45.5 Å². The average Bonchev–Trinajstić information content (AvgIpc) is 3.40. The predicted octanol–water partition coefficient (Wildman–Crippen LogP) is 4.50. The van der Waals surface area contributed by atoms with Crippen molar-refractivity contribution in [2.75, 3.05) is 11.1 Å². The van der Waals surface area contributed by atoms with Gasteiger partial charge in [0.1, 0.15) is 0 Å². The molecule has 1 aliphatic rings. The summed E-state index contributed by atoms with van der Waals surface area (Å²) >= 11 is 4.61. The summed E-state index contributed by atoms with van der Waals surface area (Å²) in [5.74, 6) is 1.77. The lowest BCUT2D eigenvalue weighted by Crippen LogP contribution is -2.14. The third kappa shape index (κ3) is 4.06. The Balaban J connectivity index is 1.53. The highest BCUT2D eigenvalue weighted by Crippen LogP contribution is 2.38. The summed E-state index contributed by atoms with van der Waals surface area (Å²) in [7, 11) is 0. The number of thioether (sulfide) groups is 1. The molecule has 146 valence electrons. The van der Waals surface area contributed by atoms with E-state index in [0.29, 0.717) is 11.7 Å². The van der Waals surface area contributed by atoms with Crippen LogP contribution in [0.25, 0.3) is 11.4 Å². The standard InChI is InChI=1S/C19H21N5OS3/c1-3-7-24-17(14-10-27-15-9-12(2)4-5-13(14)15)22-23-19(24)28-11-16(25)21-18-20-6-8-26-18/h3,6,8,10,12H,1,4-5,7,9,11H2,2H3,(H,20,21,25)/t12-/m0/s1. The Morgan fingerprint density at radius 2 is 2.36 bits per heavy atom. The van der Waals surface area contributed by atoms with Crippen molar-refractivity contribution < 1.29 is 4.79 Å². The van der Waals surface area contributed by atoms with Crippen LogP contribution in [0.1, 0.15) is 23.8 Å². The number of aromatic nitrogens is 4. The Kier molecular flexibility index (Phi) is 5.93. The lowest BCUT2D eigenvalue weighted by Gasteiger charge is -2.19. The molecule has 1 amide bonds. The van der Waals surface area contributed by atoms with Crippen LogP contribution < -0.4 is 5.32 Å². The molecular formula is C19H21N5OS3. The smallest absolute Gasteiger partial charge is 0.236 e. The van der Waals surface area contributed by atoms with Gasteiger partial charge in [0.25, 0.3) is 0 Å². The Labute approximate surface area is 176 Å². The van der Waals surface area contributed by atoms with E-state index in [1.807, 2.05) is 22.8 Å². The number of rotatable bonds is 7. The third-order valence-corrected chi connectivity index (χ3v) is 7.39. The number of nitrogens with one attached hydrogen (secondary N) is 1. The fourth-order valence-corrected chi connectivity index (χ4v) is 5.86. The molecule has 0 saturated carbocycles. The Bertz CT molecular complexity index is 976. The Morgan fingerprint density at radius 1 is 1.46 bits per heavy atom. The highest BCUT2D eigenvalue weighted by atomic mass is 32.2. The van der Waals surface area contributed by atoms with E-state index in [2.05, 4.69) is 43.9 Å².